The molecule has 0 aliphatic carbocycles. The second kappa shape index (κ2) is 258. The van der Waals surface area contributed by atoms with E-state index in [4.69, 9.17) is 79.2 Å². The van der Waals surface area contributed by atoms with Gasteiger partial charge in [-0.05, 0) is 0 Å². The fraction of sp³-hybridized carbons (Fsp3) is 0. The van der Waals surface area contributed by atoms with Gasteiger partial charge in [0.15, 0.2) is 0 Å². The van der Waals surface area contributed by atoms with Gasteiger partial charge in [-0.3, -0.25) is 0 Å². The first-order chi connectivity index (χ1) is 11.3. The molecular formula is C8H8Ca4O16. The van der Waals surface area contributed by atoms with Crippen LogP contribution < -0.4 is 40.9 Å². The zero-order chi connectivity index (χ0) is 21.7. The van der Waals surface area contributed by atoms with Crippen LogP contribution in [-0.2, 0) is 38.4 Å². The molecule has 20 heteroatoms. The average Bonchev–Trinajstić information content (AvgIpc) is 2.45. The quantitative estimate of drug-likeness (QED) is 0.211. The summed E-state index contributed by atoms with van der Waals surface area (Å²) in [4.78, 5) is 66.0. The molecule has 0 rings (SSSR count). The molecule has 0 aliphatic rings. The second-order valence-corrected chi connectivity index (χ2v) is 0.770. The molecule has 0 aromatic heterocycles. The van der Waals surface area contributed by atoms with Crippen LogP contribution in [-0.4, -0.2) is 203 Å². The molecule has 0 saturated carbocycles. The molecule has 0 aromatic rings. The summed E-state index contributed by atoms with van der Waals surface area (Å²) in [5, 5.41) is 66.0. The number of hydrogen-bond donors (Lipinski definition) is 0. The van der Waals surface area contributed by atoms with E-state index < -0.39 is 51.8 Å². The molecule has 28 heavy (non-hydrogen) atoms. The van der Waals surface area contributed by atoms with Gasteiger partial charge >= 0.3 is 151 Å². The number of carboxylic acid groups (broad SMARTS) is 8. The number of carbonyl (C=O) groups excluding carboxylic acids is 8. The predicted molar refractivity (Wildman–Crippen MR) is 71.5 cm³/mol. The summed E-state index contributed by atoms with van der Waals surface area (Å²) < 4.78 is 0. The van der Waals surface area contributed by atoms with Gasteiger partial charge in [-0.25, -0.2) is 0 Å². The van der Waals surface area contributed by atoms with Crippen molar-refractivity contribution in [2.45, 2.75) is 0 Å². The first-order valence-electron chi connectivity index (χ1n) is 3.77. The van der Waals surface area contributed by atoms with Gasteiger partial charge in [0, 0.05) is 51.8 Å². The van der Waals surface area contributed by atoms with Crippen molar-refractivity contribution < 1.29 is 79.2 Å². The van der Waals surface area contributed by atoms with E-state index in [0.29, 0.717) is 0 Å². The maximum absolute atomic E-state index is 8.25. The molecule has 0 saturated heterocycles. The van der Waals surface area contributed by atoms with Crippen LogP contribution in [0.1, 0.15) is 0 Å². The third kappa shape index (κ3) is 27900. The van der Waals surface area contributed by atoms with Crippen LogP contribution >= 0.6 is 0 Å². The van der Waals surface area contributed by atoms with Gasteiger partial charge in [-0.1, -0.05) is 0 Å². The second-order valence-electron chi connectivity index (χ2n) is 0.770. The zero-order valence-corrected chi connectivity index (χ0v) is 22.8. The fourth-order valence-corrected chi connectivity index (χ4v) is 0. The first-order valence-corrected chi connectivity index (χ1v) is 3.77. The minimum atomic E-state index is -0.500. The van der Waals surface area contributed by atoms with E-state index in [1.807, 2.05) is 0 Å². The summed E-state index contributed by atoms with van der Waals surface area (Å²) in [6, 6.07) is 0. The number of hydrogen-bond acceptors (Lipinski definition) is 16. The fourth-order valence-electron chi connectivity index (χ4n) is 0. The Labute approximate surface area is 276 Å². The van der Waals surface area contributed by atoms with Gasteiger partial charge < -0.3 is 79.2 Å². The third-order valence-corrected chi connectivity index (χ3v) is 0. The molecule has 0 bridgehead atoms. The molecule has 0 N–H and O–H groups in total. The van der Waals surface area contributed by atoms with Crippen LogP contribution in [0.25, 0.3) is 0 Å². The van der Waals surface area contributed by atoms with Crippen molar-refractivity contribution in [3.8, 4) is 0 Å². The predicted octanol–water partition coefficient (Wildman–Crippen LogP) is -14.6. The van der Waals surface area contributed by atoms with E-state index in [9.17, 15) is 0 Å². The Bertz CT molecular complexity index is 171. The molecule has 0 aliphatic heterocycles. The summed E-state index contributed by atoms with van der Waals surface area (Å²) in [6.45, 7) is -4.00. The van der Waals surface area contributed by atoms with Crippen LogP contribution in [0.4, 0.5) is 0 Å². The van der Waals surface area contributed by atoms with Gasteiger partial charge in [-0.15, -0.1) is 0 Å². The normalized spacial score (nSPS) is 3.43. The number of rotatable bonds is 0. The Balaban J connectivity index is -0.0000000102. The Hall–Kier alpha value is 0.799. The molecule has 144 valence electrons. The Morgan fingerprint density at radius 3 is 0.250 bits per heavy atom. The van der Waals surface area contributed by atoms with Crippen molar-refractivity contribution in [2.24, 2.45) is 0 Å². The molecular weight excluding hydrogens is 512 g/mol. The average molecular weight is 520 g/mol. The molecule has 16 nitrogen and oxygen atoms in total. The molecule has 0 unspecified atom stereocenters. The molecule has 0 amide bonds. The SMILES string of the molecule is O=C[O-].O=C[O-].O=C[O-].O=C[O-].O=C[O-].O=C[O-].O=C[O-].O=C[O-].[Ca+2].[Ca+2].[Ca+2].[Ca+2]. The van der Waals surface area contributed by atoms with Crippen molar-refractivity contribution in [2.75, 3.05) is 0 Å². The van der Waals surface area contributed by atoms with Gasteiger partial charge in [-0.2, -0.15) is 0 Å². The van der Waals surface area contributed by atoms with Crippen LogP contribution in [0.15, 0.2) is 0 Å². The van der Waals surface area contributed by atoms with Crippen molar-refractivity contribution in [3.05, 3.63) is 0 Å². The molecule has 0 fully saturated rings. The molecule has 0 atom stereocenters. The van der Waals surface area contributed by atoms with E-state index in [1.165, 1.54) is 0 Å². The van der Waals surface area contributed by atoms with Crippen molar-refractivity contribution in [1.29, 1.82) is 0 Å². The van der Waals surface area contributed by atoms with Crippen LogP contribution in [0.3, 0.4) is 0 Å². The van der Waals surface area contributed by atoms with E-state index in [0.717, 1.165) is 0 Å². The van der Waals surface area contributed by atoms with Crippen molar-refractivity contribution in [3.63, 3.8) is 0 Å². The summed E-state index contributed by atoms with van der Waals surface area (Å²) in [5.74, 6) is 0. The van der Waals surface area contributed by atoms with E-state index in [2.05, 4.69) is 0 Å². The molecule has 0 spiro atoms. The van der Waals surface area contributed by atoms with E-state index in [1.54, 1.807) is 0 Å². The molecule has 0 heterocycles. The van der Waals surface area contributed by atoms with E-state index >= 15 is 0 Å². The monoisotopic (exact) mass is 520 g/mol. The largest absolute Gasteiger partial charge is 2.00 e. The Morgan fingerprint density at radius 2 is 0.250 bits per heavy atom. The maximum atomic E-state index is 8.25. The first kappa shape index (κ1) is 78.9. The van der Waals surface area contributed by atoms with Gasteiger partial charge in [0.1, 0.15) is 0 Å². The maximum Gasteiger partial charge on any atom is 2.00 e. The minimum Gasteiger partial charge on any atom is -0.554 e. The van der Waals surface area contributed by atoms with Crippen molar-refractivity contribution >= 4 is 203 Å². The van der Waals surface area contributed by atoms with Gasteiger partial charge in [0.25, 0.3) is 0 Å². The van der Waals surface area contributed by atoms with Crippen LogP contribution in [0.2, 0.25) is 0 Å². The standard InChI is InChI=1S/8CH2O2.4Ca/c8*2-1-3;;;;/h8*1H,(H,2,3);;;;/q;;;;;;;;4*+2/p-8. The zero-order valence-electron chi connectivity index (χ0n) is 14.0. The molecule has 0 aromatic carbocycles. The van der Waals surface area contributed by atoms with Gasteiger partial charge in [0.05, 0.1) is 0 Å². The topological polar surface area (TPSA) is 321 Å². The summed E-state index contributed by atoms with van der Waals surface area (Å²) in [5.41, 5.74) is 0. The third-order valence-electron chi connectivity index (χ3n) is 0. The number of carbonyl (C=O) groups is 8. The molecule has 0 radical (unpaired) electrons. The summed E-state index contributed by atoms with van der Waals surface area (Å²) in [7, 11) is 0. The van der Waals surface area contributed by atoms with Crippen LogP contribution in [0.5, 0.6) is 0 Å². The van der Waals surface area contributed by atoms with E-state index in [-0.39, 0.29) is 151 Å². The van der Waals surface area contributed by atoms with Crippen molar-refractivity contribution in [1.82, 2.24) is 0 Å². The Kier molecular flexibility index (Phi) is 726. The summed E-state index contributed by atoms with van der Waals surface area (Å²) >= 11 is 0. The van der Waals surface area contributed by atoms with Gasteiger partial charge in [0.2, 0.25) is 0 Å². The smallest absolute Gasteiger partial charge is 0.554 e. The Morgan fingerprint density at radius 1 is 0.250 bits per heavy atom. The summed E-state index contributed by atoms with van der Waals surface area (Å²) in [6.07, 6.45) is 0. The van der Waals surface area contributed by atoms with Crippen LogP contribution in [0, 0.1) is 0 Å². The minimum absolute atomic E-state index is 0.